The molecule has 0 aromatic heterocycles. The number of rotatable bonds is 9. The number of hydrogen-bond acceptors (Lipinski definition) is 1. The summed E-state index contributed by atoms with van der Waals surface area (Å²) in [5.74, 6) is 0.839. The van der Waals surface area contributed by atoms with Gasteiger partial charge in [-0.3, -0.25) is 0 Å². The van der Waals surface area contributed by atoms with Gasteiger partial charge in [0.1, 0.15) is 41.7 Å². The Bertz CT molecular complexity index is 1700. The van der Waals surface area contributed by atoms with Gasteiger partial charge >= 0.3 is 6.18 Å². The largest absolute Gasteiger partial charge is 1.00 e. The number of ether oxygens (including phenoxy) is 1. The Balaban J connectivity index is 0.00000400. The Morgan fingerprint density at radius 2 is 0.911 bits per heavy atom. The second-order valence-corrected chi connectivity index (χ2v) is 14.1. The van der Waals surface area contributed by atoms with Crippen molar-refractivity contribution in [2.75, 3.05) is 0 Å². The van der Waals surface area contributed by atoms with E-state index in [0.717, 1.165) is 46.3 Å². The van der Waals surface area contributed by atoms with Crippen LogP contribution < -0.4 is 37.6 Å². The molecule has 0 aliphatic rings. The van der Waals surface area contributed by atoms with E-state index >= 15 is 0 Å². The van der Waals surface area contributed by atoms with Crippen LogP contribution in [0.15, 0.2) is 164 Å². The number of halogens is 4. The molecule has 0 unspecified atom stereocenters. The lowest BCUT2D eigenvalue weighted by Gasteiger charge is -2.28. The van der Waals surface area contributed by atoms with Gasteiger partial charge in [-0.25, -0.2) is 0 Å². The standard InChI is InChI=1S/C39H31F3OP.BrH/c40-39(41,42)34-26-24-32(25-27-34)31-22-20-30(21-23-31)28-43-38-19-11-10-12-33(38)29-44(35-13-4-1-5-14-35,36-15-6-2-7-16-36)37-17-8-3-9-18-37;/h1-27H,28-29H2;1H/q+1;/p-1. The van der Waals surface area contributed by atoms with Crippen LogP contribution in [0.1, 0.15) is 16.7 Å². The Labute approximate surface area is 273 Å². The molecular formula is C39H31BrF3OP. The lowest BCUT2D eigenvalue weighted by molar-refractivity contribution is -0.137. The highest BCUT2D eigenvalue weighted by Crippen LogP contribution is 2.59. The molecule has 0 bridgehead atoms. The minimum atomic E-state index is -4.35. The van der Waals surface area contributed by atoms with Gasteiger partial charge in [-0.15, -0.1) is 0 Å². The topological polar surface area (TPSA) is 9.23 Å². The third-order valence-corrected chi connectivity index (χ3v) is 12.2. The molecule has 0 atom stereocenters. The maximum absolute atomic E-state index is 13.0. The summed E-state index contributed by atoms with van der Waals surface area (Å²) in [5, 5.41) is 3.93. The fourth-order valence-electron chi connectivity index (χ4n) is 5.61. The zero-order chi connectivity index (χ0) is 30.4. The molecule has 6 aromatic rings. The first-order chi connectivity index (χ1) is 21.4. The van der Waals surface area contributed by atoms with Crippen LogP contribution in [-0.2, 0) is 18.9 Å². The van der Waals surface area contributed by atoms with Crippen molar-refractivity contribution >= 4 is 23.2 Å². The van der Waals surface area contributed by atoms with Gasteiger partial charge in [0.05, 0.1) is 5.56 Å². The van der Waals surface area contributed by atoms with E-state index in [1.807, 2.05) is 36.4 Å². The van der Waals surface area contributed by atoms with Crippen molar-refractivity contribution in [2.45, 2.75) is 18.9 Å². The van der Waals surface area contributed by atoms with E-state index < -0.39 is 19.0 Å². The lowest BCUT2D eigenvalue weighted by Crippen LogP contribution is -3.00. The van der Waals surface area contributed by atoms with Gasteiger partial charge in [-0.1, -0.05) is 109 Å². The molecule has 0 amide bonds. The maximum Gasteiger partial charge on any atom is 0.416 e. The molecule has 1 nitrogen and oxygen atoms in total. The summed E-state index contributed by atoms with van der Waals surface area (Å²) in [6.07, 6.45) is -3.55. The molecule has 226 valence electrons. The molecule has 0 radical (unpaired) electrons. The van der Waals surface area contributed by atoms with Crippen molar-refractivity contribution in [3.05, 3.63) is 180 Å². The van der Waals surface area contributed by atoms with E-state index in [-0.39, 0.29) is 17.0 Å². The van der Waals surface area contributed by atoms with Crippen LogP contribution in [-0.4, -0.2) is 0 Å². The number of hydrogen-bond donors (Lipinski definition) is 0. The van der Waals surface area contributed by atoms with Gasteiger partial charge in [-0.05, 0) is 71.3 Å². The number of alkyl halides is 3. The van der Waals surface area contributed by atoms with Gasteiger partial charge < -0.3 is 21.7 Å². The van der Waals surface area contributed by atoms with Crippen LogP contribution in [0.4, 0.5) is 13.2 Å². The van der Waals surface area contributed by atoms with Gasteiger partial charge in [0.2, 0.25) is 0 Å². The third-order valence-electron chi connectivity index (χ3n) is 7.86. The van der Waals surface area contributed by atoms with E-state index in [9.17, 15) is 13.2 Å². The van der Waals surface area contributed by atoms with Gasteiger partial charge in [0.25, 0.3) is 0 Å². The summed E-state index contributed by atoms with van der Waals surface area (Å²) in [5.41, 5.74) is 3.05. The molecule has 0 spiro atoms. The second kappa shape index (κ2) is 14.3. The zero-order valence-electron chi connectivity index (χ0n) is 24.4. The summed E-state index contributed by atoms with van der Waals surface area (Å²) in [6.45, 7) is 0.373. The Hall–Kier alpha value is -4.18. The minimum absolute atomic E-state index is 0. The van der Waals surface area contributed by atoms with E-state index in [1.54, 1.807) is 0 Å². The highest BCUT2D eigenvalue weighted by molar-refractivity contribution is 7.95. The smallest absolute Gasteiger partial charge is 0.416 e. The van der Waals surface area contributed by atoms with Crippen LogP contribution in [0.3, 0.4) is 0 Å². The summed E-state index contributed by atoms with van der Waals surface area (Å²) >= 11 is 0. The first-order valence-corrected chi connectivity index (χ1v) is 16.4. The monoisotopic (exact) mass is 682 g/mol. The van der Waals surface area contributed by atoms with E-state index in [2.05, 4.69) is 103 Å². The van der Waals surface area contributed by atoms with Crippen LogP contribution in [0.2, 0.25) is 0 Å². The van der Waals surface area contributed by atoms with Crippen LogP contribution in [0.5, 0.6) is 5.75 Å². The van der Waals surface area contributed by atoms with Gasteiger partial charge in [-0.2, -0.15) is 13.2 Å². The zero-order valence-corrected chi connectivity index (χ0v) is 26.9. The van der Waals surface area contributed by atoms with Crippen molar-refractivity contribution in [3.63, 3.8) is 0 Å². The van der Waals surface area contributed by atoms with Crippen LogP contribution >= 0.6 is 7.26 Å². The van der Waals surface area contributed by atoms with E-state index in [4.69, 9.17) is 4.74 Å². The summed E-state index contributed by atoms with van der Waals surface area (Å²) in [7, 11) is -2.10. The summed E-state index contributed by atoms with van der Waals surface area (Å²) in [4.78, 5) is 0. The molecule has 0 N–H and O–H groups in total. The molecule has 6 aromatic carbocycles. The molecule has 0 saturated heterocycles. The van der Waals surface area contributed by atoms with Crippen molar-refractivity contribution in [2.24, 2.45) is 0 Å². The molecule has 0 heterocycles. The molecule has 6 rings (SSSR count). The van der Waals surface area contributed by atoms with E-state index in [0.29, 0.717) is 6.61 Å². The van der Waals surface area contributed by atoms with Gasteiger partial charge in [0.15, 0.2) is 0 Å². The third kappa shape index (κ3) is 7.22. The van der Waals surface area contributed by atoms with Crippen LogP contribution in [0.25, 0.3) is 11.1 Å². The van der Waals surface area contributed by atoms with Crippen LogP contribution in [0, 0.1) is 0 Å². The van der Waals surface area contributed by atoms with Crippen molar-refractivity contribution in [1.82, 2.24) is 0 Å². The Morgan fingerprint density at radius 3 is 1.38 bits per heavy atom. The molecule has 0 aliphatic heterocycles. The molecule has 0 aliphatic carbocycles. The van der Waals surface area contributed by atoms with Gasteiger partial charge in [0, 0.05) is 5.56 Å². The number of para-hydroxylation sites is 1. The normalized spacial score (nSPS) is 11.4. The Morgan fingerprint density at radius 1 is 0.489 bits per heavy atom. The number of benzene rings is 6. The SMILES string of the molecule is FC(F)(F)c1ccc(-c2ccc(COc3ccccc3C[P+](c3ccccc3)(c3ccccc3)c3ccccc3)cc2)cc1.[Br-]. The molecule has 0 fully saturated rings. The highest BCUT2D eigenvalue weighted by atomic mass is 79.9. The fourth-order valence-corrected chi connectivity index (χ4v) is 9.86. The molecule has 6 heteroatoms. The highest BCUT2D eigenvalue weighted by Gasteiger charge is 2.46. The van der Waals surface area contributed by atoms with E-state index in [1.165, 1.54) is 28.0 Å². The van der Waals surface area contributed by atoms with Crippen molar-refractivity contribution in [1.29, 1.82) is 0 Å². The summed E-state index contributed by atoms with van der Waals surface area (Å²) in [6, 6.07) is 53.6. The molecular weight excluding hydrogens is 652 g/mol. The van der Waals surface area contributed by atoms with Crippen molar-refractivity contribution < 1.29 is 34.9 Å². The van der Waals surface area contributed by atoms with Crippen molar-refractivity contribution in [3.8, 4) is 16.9 Å². The maximum atomic E-state index is 13.0. The first-order valence-electron chi connectivity index (χ1n) is 14.5. The average Bonchev–Trinajstić information content (AvgIpc) is 3.08. The minimum Gasteiger partial charge on any atom is -1.00 e. The predicted octanol–water partition coefficient (Wildman–Crippen LogP) is 6.45. The summed E-state index contributed by atoms with van der Waals surface area (Å²) < 4.78 is 45.4. The predicted molar refractivity (Wildman–Crippen MR) is 177 cm³/mol. The Kier molecular flexibility index (Phi) is 10.2. The molecule has 45 heavy (non-hydrogen) atoms. The second-order valence-electron chi connectivity index (χ2n) is 10.6. The first kappa shape index (κ1) is 32.2. The fraction of sp³-hybridized carbons (Fsp3) is 0.0769. The lowest BCUT2D eigenvalue weighted by atomic mass is 10.0. The molecule has 0 saturated carbocycles. The average molecular weight is 684 g/mol. The quantitative estimate of drug-likeness (QED) is 0.159.